The van der Waals surface area contributed by atoms with Crippen LogP contribution >= 0.6 is 23.2 Å². The quantitative estimate of drug-likeness (QED) is 0.728. The second kappa shape index (κ2) is 6.42. The Morgan fingerprint density at radius 2 is 1.95 bits per heavy atom. The maximum absolute atomic E-state index is 12.1. The summed E-state index contributed by atoms with van der Waals surface area (Å²) < 4.78 is 0. The van der Waals surface area contributed by atoms with E-state index in [9.17, 15) is 4.79 Å². The number of carbonyl (C=O) groups excluding carboxylic acids is 1. The Kier molecular flexibility index (Phi) is 4.36. The van der Waals surface area contributed by atoms with Crippen LogP contribution in [-0.4, -0.2) is 17.4 Å². The molecule has 5 heteroatoms. The van der Waals surface area contributed by atoms with Gasteiger partial charge in [-0.15, -0.1) is 0 Å². The summed E-state index contributed by atoms with van der Waals surface area (Å²) in [4.78, 5) is 15.3. The number of aromatic amines is 1. The lowest BCUT2D eigenvalue weighted by Gasteiger charge is -2.07. The van der Waals surface area contributed by atoms with Crippen molar-refractivity contribution in [1.29, 1.82) is 0 Å². The summed E-state index contributed by atoms with van der Waals surface area (Å²) >= 11 is 11.8. The molecule has 0 aliphatic rings. The summed E-state index contributed by atoms with van der Waals surface area (Å²) in [5.74, 6) is -0.192. The Balaban J connectivity index is 1.61. The number of benzene rings is 2. The molecule has 0 radical (unpaired) electrons. The van der Waals surface area contributed by atoms with Gasteiger partial charge in [-0.2, -0.15) is 0 Å². The molecule has 0 atom stereocenters. The fraction of sp³-hybridized carbons (Fsp3) is 0.118. The number of carbonyl (C=O) groups is 1. The highest BCUT2D eigenvalue weighted by Crippen LogP contribution is 2.20. The molecule has 0 fully saturated rings. The average molecular weight is 333 g/mol. The first-order valence-corrected chi connectivity index (χ1v) is 7.68. The first-order valence-electron chi connectivity index (χ1n) is 6.93. The van der Waals surface area contributed by atoms with E-state index in [-0.39, 0.29) is 5.91 Å². The molecule has 3 aromatic rings. The molecule has 3 nitrogen and oxygen atoms in total. The van der Waals surface area contributed by atoms with Crippen molar-refractivity contribution in [2.45, 2.75) is 6.42 Å². The van der Waals surface area contributed by atoms with Crippen LogP contribution in [0.4, 0.5) is 0 Å². The van der Waals surface area contributed by atoms with Crippen LogP contribution in [0.5, 0.6) is 0 Å². The van der Waals surface area contributed by atoms with Gasteiger partial charge in [0.25, 0.3) is 5.91 Å². The lowest BCUT2D eigenvalue weighted by Crippen LogP contribution is -2.25. The molecule has 0 aliphatic carbocycles. The zero-order valence-electron chi connectivity index (χ0n) is 11.7. The third-order valence-electron chi connectivity index (χ3n) is 3.49. The highest BCUT2D eigenvalue weighted by Gasteiger charge is 2.10. The van der Waals surface area contributed by atoms with Crippen LogP contribution in [0.1, 0.15) is 15.9 Å². The molecule has 0 bridgehead atoms. The van der Waals surface area contributed by atoms with E-state index in [1.807, 2.05) is 12.3 Å². The molecule has 0 saturated carbocycles. The number of aromatic nitrogens is 1. The molecule has 22 heavy (non-hydrogen) atoms. The van der Waals surface area contributed by atoms with E-state index in [0.717, 1.165) is 17.5 Å². The molecule has 2 N–H and O–H groups in total. The maximum Gasteiger partial charge on any atom is 0.252 e. The van der Waals surface area contributed by atoms with E-state index in [2.05, 4.69) is 28.5 Å². The number of halogens is 2. The predicted octanol–water partition coefficient (Wildman–Crippen LogP) is 4.45. The first kappa shape index (κ1) is 14.9. The van der Waals surface area contributed by atoms with Gasteiger partial charge < -0.3 is 10.3 Å². The van der Waals surface area contributed by atoms with Crippen LogP contribution in [0.3, 0.4) is 0 Å². The zero-order valence-corrected chi connectivity index (χ0v) is 13.2. The van der Waals surface area contributed by atoms with Gasteiger partial charge in [0.15, 0.2) is 0 Å². The van der Waals surface area contributed by atoms with Crippen molar-refractivity contribution in [2.24, 2.45) is 0 Å². The largest absolute Gasteiger partial charge is 0.361 e. The van der Waals surface area contributed by atoms with Gasteiger partial charge >= 0.3 is 0 Å². The molecule has 1 amide bonds. The Bertz CT molecular complexity index is 826. The Morgan fingerprint density at radius 1 is 1.09 bits per heavy atom. The summed E-state index contributed by atoms with van der Waals surface area (Å²) in [6.07, 6.45) is 2.67. The van der Waals surface area contributed by atoms with E-state index >= 15 is 0 Å². The molecule has 3 rings (SSSR count). The van der Waals surface area contributed by atoms with E-state index in [4.69, 9.17) is 23.2 Å². The summed E-state index contributed by atoms with van der Waals surface area (Å²) in [5, 5.41) is 4.93. The summed E-state index contributed by atoms with van der Waals surface area (Å²) in [5.41, 5.74) is 2.70. The van der Waals surface area contributed by atoms with Crippen LogP contribution < -0.4 is 5.32 Å². The number of amides is 1. The molecular formula is C17H14Cl2N2O. The highest BCUT2D eigenvalue weighted by atomic mass is 35.5. The molecule has 1 heterocycles. The SMILES string of the molecule is O=C(NCCc1ccc2cc[nH]c2c1)c1ccc(Cl)cc1Cl. The first-order chi connectivity index (χ1) is 10.6. The van der Waals surface area contributed by atoms with Crippen molar-refractivity contribution in [1.82, 2.24) is 10.3 Å². The highest BCUT2D eigenvalue weighted by molar-refractivity contribution is 6.36. The van der Waals surface area contributed by atoms with Crippen molar-refractivity contribution < 1.29 is 4.79 Å². The predicted molar refractivity (Wildman–Crippen MR) is 90.8 cm³/mol. The van der Waals surface area contributed by atoms with Crippen molar-refractivity contribution in [3.63, 3.8) is 0 Å². The monoisotopic (exact) mass is 332 g/mol. The third-order valence-corrected chi connectivity index (χ3v) is 4.04. The van der Waals surface area contributed by atoms with E-state index < -0.39 is 0 Å². The Morgan fingerprint density at radius 3 is 2.77 bits per heavy atom. The number of rotatable bonds is 4. The van der Waals surface area contributed by atoms with Crippen LogP contribution in [0, 0.1) is 0 Å². The smallest absolute Gasteiger partial charge is 0.252 e. The third kappa shape index (κ3) is 3.26. The Labute approximate surface area is 138 Å². The minimum atomic E-state index is -0.192. The normalized spacial score (nSPS) is 10.8. The van der Waals surface area contributed by atoms with Gasteiger partial charge in [0, 0.05) is 23.3 Å². The average Bonchev–Trinajstić information content (AvgIpc) is 2.94. The topological polar surface area (TPSA) is 44.9 Å². The maximum atomic E-state index is 12.1. The molecule has 0 unspecified atom stereocenters. The minimum absolute atomic E-state index is 0.192. The molecule has 0 aliphatic heterocycles. The van der Waals surface area contributed by atoms with Crippen molar-refractivity contribution >= 4 is 40.0 Å². The van der Waals surface area contributed by atoms with E-state index in [1.54, 1.807) is 18.2 Å². The number of hydrogen-bond acceptors (Lipinski definition) is 1. The second-order valence-electron chi connectivity index (χ2n) is 5.03. The van der Waals surface area contributed by atoms with E-state index in [0.29, 0.717) is 22.2 Å². The zero-order chi connectivity index (χ0) is 15.5. The van der Waals surface area contributed by atoms with Gasteiger partial charge in [0.1, 0.15) is 0 Å². The number of fused-ring (bicyclic) bond motifs is 1. The lowest BCUT2D eigenvalue weighted by atomic mass is 10.1. The number of nitrogens with one attached hydrogen (secondary N) is 2. The molecule has 0 spiro atoms. The summed E-state index contributed by atoms with van der Waals surface area (Å²) in [7, 11) is 0. The number of H-pyrrole nitrogens is 1. The molecule has 2 aromatic carbocycles. The second-order valence-corrected chi connectivity index (χ2v) is 5.87. The fourth-order valence-electron chi connectivity index (χ4n) is 2.34. The molecular weight excluding hydrogens is 319 g/mol. The minimum Gasteiger partial charge on any atom is -0.361 e. The molecule has 1 aromatic heterocycles. The van der Waals surface area contributed by atoms with Crippen molar-refractivity contribution in [3.8, 4) is 0 Å². The van der Waals surface area contributed by atoms with Crippen LogP contribution in [0.25, 0.3) is 10.9 Å². The van der Waals surface area contributed by atoms with Crippen LogP contribution in [0.15, 0.2) is 48.7 Å². The van der Waals surface area contributed by atoms with Gasteiger partial charge in [0.2, 0.25) is 0 Å². The summed E-state index contributed by atoms with van der Waals surface area (Å²) in [6, 6.07) is 13.1. The fourth-order valence-corrected chi connectivity index (χ4v) is 2.83. The van der Waals surface area contributed by atoms with Crippen LogP contribution in [0.2, 0.25) is 10.0 Å². The van der Waals surface area contributed by atoms with Gasteiger partial charge in [-0.1, -0.05) is 35.3 Å². The van der Waals surface area contributed by atoms with Gasteiger partial charge in [-0.05, 0) is 47.7 Å². The van der Waals surface area contributed by atoms with Gasteiger partial charge in [0.05, 0.1) is 10.6 Å². The molecule has 0 saturated heterocycles. The van der Waals surface area contributed by atoms with Crippen molar-refractivity contribution in [3.05, 3.63) is 69.8 Å². The van der Waals surface area contributed by atoms with Crippen LogP contribution in [-0.2, 0) is 6.42 Å². The van der Waals surface area contributed by atoms with Gasteiger partial charge in [-0.25, -0.2) is 0 Å². The van der Waals surface area contributed by atoms with Gasteiger partial charge in [-0.3, -0.25) is 4.79 Å². The Hall–Kier alpha value is -1.97. The molecule has 112 valence electrons. The standard InChI is InChI=1S/C17H14Cl2N2O/c18-13-3-4-14(15(19)10-13)17(22)21-7-5-11-1-2-12-6-8-20-16(12)9-11/h1-4,6,8-10,20H,5,7H2,(H,21,22). The van der Waals surface area contributed by atoms with E-state index in [1.165, 1.54) is 5.39 Å². The summed E-state index contributed by atoms with van der Waals surface area (Å²) in [6.45, 7) is 0.546. The van der Waals surface area contributed by atoms with Crippen molar-refractivity contribution in [2.75, 3.05) is 6.54 Å². The number of hydrogen-bond donors (Lipinski definition) is 2. The lowest BCUT2D eigenvalue weighted by molar-refractivity contribution is 0.0954.